The number of hydrogen-bond donors (Lipinski definition) is 0. The maximum Gasteiger partial charge on any atom is 0.127 e. The van der Waals surface area contributed by atoms with Gasteiger partial charge in [0.2, 0.25) is 0 Å². The Labute approximate surface area is 133 Å². The Morgan fingerprint density at radius 1 is 0.955 bits per heavy atom. The Morgan fingerprint density at radius 2 is 1.59 bits per heavy atom. The van der Waals surface area contributed by atoms with Crippen molar-refractivity contribution in [1.29, 1.82) is 0 Å². The van der Waals surface area contributed by atoms with E-state index in [4.69, 9.17) is 4.74 Å². The van der Waals surface area contributed by atoms with Crippen LogP contribution in [-0.2, 0) is 0 Å². The molecule has 0 amide bonds. The molecule has 0 N–H and O–H groups in total. The lowest BCUT2D eigenvalue weighted by Crippen LogP contribution is -1.89. The molecule has 0 aliphatic rings. The summed E-state index contributed by atoms with van der Waals surface area (Å²) in [6.45, 7) is 11.9. The molecule has 0 radical (unpaired) electrons. The summed E-state index contributed by atoms with van der Waals surface area (Å²) in [6.07, 6.45) is 4.09. The van der Waals surface area contributed by atoms with Crippen molar-refractivity contribution in [3.63, 3.8) is 0 Å². The molecule has 0 bridgehead atoms. The zero-order chi connectivity index (χ0) is 16.1. The molecule has 0 aliphatic heterocycles. The Bertz CT molecular complexity index is 759. The topological polar surface area (TPSA) is 9.23 Å². The molecular formula is C21H22O. The normalized spacial score (nSPS) is 10.5. The fourth-order valence-corrected chi connectivity index (χ4v) is 2.09. The third-order valence-electron chi connectivity index (χ3n) is 3.75. The lowest BCUT2D eigenvalue weighted by atomic mass is 10.1. The summed E-state index contributed by atoms with van der Waals surface area (Å²) in [4.78, 5) is 0. The molecule has 0 aromatic heterocycles. The summed E-state index contributed by atoms with van der Waals surface area (Å²) < 4.78 is 5.95. The summed E-state index contributed by atoms with van der Waals surface area (Å²) in [5, 5.41) is 0. The lowest BCUT2D eigenvalue weighted by molar-refractivity contribution is 0.481. The average molecular weight is 290 g/mol. The fourth-order valence-electron chi connectivity index (χ4n) is 2.09. The summed E-state index contributed by atoms with van der Waals surface area (Å²) in [5.74, 6) is 1.73. The Kier molecular flexibility index (Phi) is 5.04. The molecule has 0 spiro atoms. The molecule has 0 heterocycles. The van der Waals surface area contributed by atoms with Gasteiger partial charge in [0.1, 0.15) is 11.5 Å². The third-order valence-corrected chi connectivity index (χ3v) is 3.75. The van der Waals surface area contributed by atoms with Crippen molar-refractivity contribution >= 4 is 6.08 Å². The number of allylic oxidation sites excluding steroid dienone is 2. The van der Waals surface area contributed by atoms with E-state index in [9.17, 15) is 0 Å². The standard InChI is InChI=1S/C21H22O/c1-6-15(2)7-9-19-10-12-21(14-18(19)5)22-20-11-8-16(3)17(4)13-20/h7-14H,1H2,2-5H3/b9-7-. The minimum atomic E-state index is 0.855. The molecule has 1 nitrogen and oxygen atoms in total. The highest BCUT2D eigenvalue weighted by Gasteiger charge is 2.02. The van der Waals surface area contributed by atoms with Gasteiger partial charge in [-0.25, -0.2) is 0 Å². The smallest absolute Gasteiger partial charge is 0.127 e. The van der Waals surface area contributed by atoms with Crippen LogP contribution in [0.1, 0.15) is 29.2 Å². The first-order chi connectivity index (χ1) is 10.5. The van der Waals surface area contributed by atoms with Gasteiger partial charge < -0.3 is 4.74 Å². The van der Waals surface area contributed by atoms with E-state index in [1.807, 2.05) is 25.1 Å². The second-order valence-electron chi connectivity index (χ2n) is 5.56. The van der Waals surface area contributed by atoms with E-state index in [1.54, 1.807) is 0 Å². The first-order valence-electron chi connectivity index (χ1n) is 7.40. The van der Waals surface area contributed by atoms with Crippen molar-refractivity contribution in [3.05, 3.63) is 82.6 Å². The predicted molar refractivity (Wildman–Crippen MR) is 94.5 cm³/mol. The minimum absolute atomic E-state index is 0.855. The summed E-state index contributed by atoms with van der Waals surface area (Å²) >= 11 is 0. The van der Waals surface area contributed by atoms with Gasteiger partial charge in [0.25, 0.3) is 0 Å². The van der Waals surface area contributed by atoms with E-state index in [0.717, 1.165) is 17.1 Å². The van der Waals surface area contributed by atoms with Crippen LogP contribution in [0, 0.1) is 20.8 Å². The van der Waals surface area contributed by atoms with Crippen LogP contribution in [0.3, 0.4) is 0 Å². The van der Waals surface area contributed by atoms with E-state index in [-0.39, 0.29) is 0 Å². The fraction of sp³-hybridized carbons (Fsp3) is 0.190. The minimum Gasteiger partial charge on any atom is -0.457 e. The molecular weight excluding hydrogens is 268 g/mol. The van der Waals surface area contributed by atoms with Crippen LogP contribution in [-0.4, -0.2) is 0 Å². The SMILES string of the molecule is C=C=C(C)/C=C\c1ccc(Oc2ccc(C)c(C)c2)cc1C. The molecule has 2 aromatic carbocycles. The van der Waals surface area contributed by atoms with Gasteiger partial charge in [-0.05, 0) is 79.8 Å². The van der Waals surface area contributed by atoms with Gasteiger partial charge in [-0.1, -0.05) is 30.9 Å². The zero-order valence-electron chi connectivity index (χ0n) is 13.7. The number of benzene rings is 2. The number of ether oxygens (including phenoxy) is 1. The van der Waals surface area contributed by atoms with E-state index in [0.29, 0.717) is 0 Å². The predicted octanol–water partition coefficient (Wildman–Crippen LogP) is 6.15. The molecule has 2 rings (SSSR count). The molecule has 0 atom stereocenters. The largest absolute Gasteiger partial charge is 0.457 e. The quantitative estimate of drug-likeness (QED) is 0.485. The molecule has 2 aromatic rings. The number of hydrogen-bond acceptors (Lipinski definition) is 1. The van der Waals surface area contributed by atoms with Gasteiger partial charge >= 0.3 is 0 Å². The highest BCUT2D eigenvalue weighted by molar-refractivity contribution is 5.57. The second-order valence-corrected chi connectivity index (χ2v) is 5.56. The zero-order valence-corrected chi connectivity index (χ0v) is 13.7. The van der Waals surface area contributed by atoms with Crippen molar-refractivity contribution in [2.45, 2.75) is 27.7 Å². The van der Waals surface area contributed by atoms with E-state index in [1.165, 1.54) is 22.3 Å². The van der Waals surface area contributed by atoms with Crippen LogP contribution in [0.4, 0.5) is 0 Å². The first kappa shape index (κ1) is 15.9. The molecule has 112 valence electrons. The van der Waals surface area contributed by atoms with Crippen molar-refractivity contribution in [3.8, 4) is 11.5 Å². The van der Waals surface area contributed by atoms with Crippen LogP contribution >= 0.6 is 0 Å². The first-order valence-corrected chi connectivity index (χ1v) is 7.40. The molecule has 0 unspecified atom stereocenters. The van der Waals surface area contributed by atoms with E-state index >= 15 is 0 Å². The van der Waals surface area contributed by atoms with Gasteiger partial charge in [-0.2, -0.15) is 0 Å². The van der Waals surface area contributed by atoms with Gasteiger partial charge in [0, 0.05) is 0 Å². The van der Waals surface area contributed by atoms with Crippen LogP contribution in [0.5, 0.6) is 11.5 Å². The second kappa shape index (κ2) is 6.98. The van der Waals surface area contributed by atoms with Gasteiger partial charge in [0.15, 0.2) is 0 Å². The van der Waals surface area contributed by atoms with Gasteiger partial charge in [-0.3, -0.25) is 0 Å². The van der Waals surface area contributed by atoms with Crippen LogP contribution in [0.2, 0.25) is 0 Å². The number of aryl methyl sites for hydroxylation is 3. The maximum absolute atomic E-state index is 5.95. The van der Waals surface area contributed by atoms with Crippen molar-refractivity contribution in [2.24, 2.45) is 0 Å². The van der Waals surface area contributed by atoms with Crippen LogP contribution in [0.15, 0.2) is 60.4 Å². The lowest BCUT2D eigenvalue weighted by Gasteiger charge is -2.10. The highest BCUT2D eigenvalue weighted by atomic mass is 16.5. The maximum atomic E-state index is 5.95. The van der Waals surface area contributed by atoms with E-state index < -0.39 is 0 Å². The molecule has 0 aliphatic carbocycles. The molecule has 0 saturated heterocycles. The Balaban J connectivity index is 2.20. The molecule has 0 fully saturated rings. The third kappa shape index (κ3) is 4.00. The van der Waals surface area contributed by atoms with Gasteiger partial charge in [0.05, 0.1) is 0 Å². The highest BCUT2D eigenvalue weighted by Crippen LogP contribution is 2.26. The number of rotatable bonds is 4. The summed E-state index contributed by atoms with van der Waals surface area (Å²) in [5.41, 5.74) is 8.74. The van der Waals surface area contributed by atoms with Crippen molar-refractivity contribution in [2.75, 3.05) is 0 Å². The van der Waals surface area contributed by atoms with Crippen molar-refractivity contribution < 1.29 is 4.74 Å². The van der Waals surface area contributed by atoms with Crippen LogP contribution < -0.4 is 4.74 Å². The van der Waals surface area contributed by atoms with E-state index in [2.05, 4.69) is 63.4 Å². The summed E-state index contributed by atoms with van der Waals surface area (Å²) in [6, 6.07) is 12.3. The monoisotopic (exact) mass is 290 g/mol. The average Bonchev–Trinajstić information content (AvgIpc) is 2.50. The van der Waals surface area contributed by atoms with Crippen molar-refractivity contribution in [1.82, 2.24) is 0 Å². The molecule has 0 saturated carbocycles. The Hall–Kier alpha value is -2.50. The molecule has 1 heteroatoms. The van der Waals surface area contributed by atoms with Gasteiger partial charge in [-0.15, -0.1) is 5.73 Å². The Morgan fingerprint density at radius 3 is 2.18 bits per heavy atom. The van der Waals surface area contributed by atoms with Crippen LogP contribution in [0.25, 0.3) is 6.08 Å². The summed E-state index contributed by atoms with van der Waals surface area (Å²) in [7, 11) is 0. The molecule has 22 heavy (non-hydrogen) atoms.